The van der Waals surface area contributed by atoms with E-state index in [2.05, 4.69) is 33.1 Å². The van der Waals surface area contributed by atoms with Gasteiger partial charge in [0.15, 0.2) is 0 Å². The van der Waals surface area contributed by atoms with Crippen LogP contribution in [0, 0.1) is 13.8 Å². The third-order valence-electron chi connectivity index (χ3n) is 5.54. The third-order valence-corrected chi connectivity index (χ3v) is 5.54. The molecule has 1 atom stereocenters. The van der Waals surface area contributed by atoms with E-state index in [0.717, 1.165) is 42.4 Å². The molecule has 1 unspecified atom stereocenters. The average molecular weight is 378 g/mol. The van der Waals surface area contributed by atoms with Crippen molar-refractivity contribution in [1.29, 1.82) is 0 Å². The predicted octanol–water partition coefficient (Wildman–Crippen LogP) is 2.58. The van der Waals surface area contributed by atoms with Crippen LogP contribution in [0.1, 0.15) is 36.3 Å². The molecule has 0 saturated carbocycles. The normalized spacial score (nSPS) is 15.8. The summed E-state index contributed by atoms with van der Waals surface area (Å²) < 4.78 is 1.95. The van der Waals surface area contributed by atoms with Gasteiger partial charge in [-0.3, -0.25) is 9.20 Å². The second-order valence-corrected chi connectivity index (χ2v) is 7.32. The number of aromatic nitrogens is 4. The van der Waals surface area contributed by atoms with Crippen LogP contribution >= 0.6 is 0 Å². The van der Waals surface area contributed by atoms with Gasteiger partial charge in [0.2, 0.25) is 5.91 Å². The maximum atomic E-state index is 13.1. The van der Waals surface area contributed by atoms with Crippen LogP contribution in [0.4, 0.5) is 5.82 Å². The lowest BCUT2D eigenvalue weighted by molar-refractivity contribution is -0.133. The van der Waals surface area contributed by atoms with Gasteiger partial charge in [0.25, 0.3) is 5.78 Å². The predicted molar refractivity (Wildman–Crippen MR) is 109 cm³/mol. The summed E-state index contributed by atoms with van der Waals surface area (Å²) in [5.74, 6) is 2.53. The van der Waals surface area contributed by atoms with E-state index in [-0.39, 0.29) is 11.8 Å². The number of hydrogen-bond donors (Lipinski definition) is 0. The van der Waals surface area contributed by atoms with E-state index in [1.165, 1.54) is 0 Å². The lowest BCUT2D eigenvalue weighted by Crippen LogP contribution is -2.50. The van der Waals surface area contributed by atoms with Gasteiger partial charge in [-0.15, -0.1) is 10.2 Å². The molecule has 3 aromatic rings. The highest BCUT2D eigenvalue weighted by molar-refractivity contribution is 5.84. The van der Waals surface area contributed by atoms with E-state index in [0.29, 0.717) is 18.9 Å². The molecule has 1 aromatic carbocycles. The molecule has 0 aliphatic carbocycles. The van der Waals surface area contributed by atoms with Crippen LogP contribution in [-0.2, 0) is 4.79 Å². The van der Waals surface area contributed by atoms with E-state index < -0.39 is 0 Å². The highest BCUT2D eigenvalue weighted by Gasteiger charge is 2.28. The Labute approximate surface area is 165 Å². The summed E-state index contributed by atoms with van der Waals surface area (Å²) in [4.78, 5) is 22.0. The van der Waals surface area contributed by atoms with Gasteiger partial charge in [0.1, 0.15) is 11.6 Å². The number of rotatable bonds is 4. The van der Waals surface area contributed by atoms with Gasteiger partial charge in [0, 0.05) is 37.9 Å². The second kappa shape index (κ2) is 7.58. The Balaban J connectivity index is 1.46. The van der Waals surface area contributed by atoms with Crippen LogP contribution in [0.5, 0.6) is 0 Å². The molecule has 1 saturated heterocycles. The molecule has 1 aliphatic heterocycles. The van der Waals surface area contributed by atoms with Crippen LogP contribution < -0.4 is 4.90 Å². The maximum absolute atomic E-state index is 13.1. The molecule has 7 nitrogen and oxygen atoms in total. The van der Waals surface area contributed by atoms with E-state index in [4.69, 9.17) is 0 Å². The molecule has 28 heavy (non-hydrogen) atoms. The number of piperazine rings is 1. The minimum absolute atomic E-state index is 0.0663. The SMILES string of the molecule is CCC(C(=O)N1CCN(c2cc(C)n3c(C)nnc3n2)CC1)c1ccccc1. The average Bonchev–Trinajstić information content (AvgIpc) is 3.11. The Kier molecular flexibility index (Phi) is 4.98. The standard InChI is InChI=1S/C21H26N6O/c1-4-18(17-8-6-5-7-9-17)20(28)26-12-10-25(11-13-26)19-14-15(2)27-16(3)23-24-21(27)22-19/h5-9,14,18H,4,10-13H2,1-3H3. The number of fused-ring (bicyclic) bond motifs is 1. The van der Waals surface area contributed by atoms with Crippen LogP contribution in [0.2, 0.25) is 0 Å². The number of anilines is 1. The number of hydrogen-bond acceptors (Lipinski definition) is 5. The molecule has 146 valence electrons. The van der Waals surface area contributed by atoms with Crippen molar-refractivity contribution >= 4 is 17.5 Å². The van der Waals surface area contributed by atoms with E-state index in [1.54, 1.807) is 0 Å². The fraction of sp³-hybridized carbons (Fsp3) is 0.429. The Bertz CT molecular complexity index is 975. The highest BCUT2D eigenvalue weighted by Crippen LogP contribution is 2.24. The van der Waals surface area contributed by atoms with Gasteiger partial charge < -0.3 is 9.80 Å². The molecule has 7 heteroatoms. The first-order valence-electron chi connectivity index (χ1n) is 9.86. The van der Waals surface area contributed by atoms with Crippen LogP contribution in [0.25, 0.3) is 5.78 Å². The largest absolute Gasteiger partial charge is 0.353 e. The Morgan fingerprint density at radius 2 is 1.79 bits per heavy atom. The first-order valence-corrected chi connectivity index (χ1v) is 9.86. The zero-order valence-corrected chi connectivity index (χ0v) is 16.7. The quantitative estimate of drug-likeness (QED) is 0.698. The molecular formula is C21H26N6O. The molecule has 1 amide bonds. The number of carbonyl (C=O) groups is 1. The fourth-order valence-corrected chi connectivity index (χ4v) is 4.00. The first-order chi connectivity index (χ1) is 13.6. The molecule has 0 radical (unpaired) electrons. The van der Waals surface area contributed by atoms with Crippen molar-refractivity contribution in [3.63, 3.8) is 0 Å². The number of nitrogens with zero attached hydrogens (tertiary/aromatic N) is 6. The van der Waals surface area contributed by atoms with Gasteiger partial charge in [-0.05, 0) is 25.8 Å². The minimum atomic E-state index is -0.0663. The summed E-state index contributed by atoms with van der Waals surface area (Å²) >= 11 is 0. The summed E-state index contributed by atoms with van der Waals surface area (Å²) in [6.45, 7) is 9.00. The summed E-state index contributed by atoms with van der Waals surface area (Å²) in [7, 11) is 0. The van der Waals surface area contributed by atoms with Crippen molar-refractivity contribution in [3.05, 3.63) is 53.5 Å². The Morgan fingerprint density at radius 3 is 2.46 bits per heavy atom. The number of amides is 1. The molecule has 4 rings (SSSR count). The Hall–Kier alpha value is -2.96. The summed E-state index contributed by atoms with van der Waals surface area (Å²) in [5, 5.41) is 8.27. The van der Waals surface area contributed by atoms with Gasteiger partial charge >= 0.3 is 0 Å². The van der Waals surface area contributed by atoms with Gasteiger partial charge in [-0.1, -0.05) is 37.3 Å². The minimum Gasteiger partial charge on any atom is -0.353 e. The molecule has 2 aromatic heterocycles. The molecule has 0 bridgehead atoms. The molecule has 1 aliphatic rings. The van der Waals surface area contributed by atoms with Crippen molar-refractivity contribution in [1.82, 2.24) is 24.5 Å². The number of benzene rings is 1. The van der Waals surface area contributed by atoms with Crippen LogP contribution in [0.3, 0.4) is 0 Å². The van der Waals surface area contributed by atoms with Crippen LogP contribution in [0.15, 0.2) is 36.4 Å². The van der Waals surface area contributed by atoms with E-state index in [1.807, 2.05) is 53.5 Å². The topological polar surface area (TPSA) is 66.6 Å². The molecular weight excluding hydrogens is 352 g/mol. The third kappa shape index (κ3) is 3.32. The second-order valence-electron chi connectivity index (χ2n) is 7.32. The van der Waals surface area contributed by atoms with Crippen molar-refractivity contribution in [3.8, 4) is 0 Å². The van der Waals surface area contributed by atoms with Crippen LogP contribution in [-0.4, -0.2) is 56.6 Å². The summed E-state index contributed by atoms with van der Waals surface area (Å²) in [6.07, 6.45) is 0.812. The lowest BCUT2D eigenvalue weighted by Gasteiger charge is -2.37. The smallest absolute Gasteiger partial charge is 0.257 e. The van der Waals surface area contributed by atoms with Crippen molar-refractivity contribution in [2.75, 3.05) is 31.1 Å². The Morgan fingerprint density at radius 1 is 1.07 bits per heavy atom. The fourth-order valence-electron chi connectivity index (χ4n) is 4.00. The highest BCUT2D eigenvalue weighted by atomic mass is 16.2. The summed E-state index contributed by atoms with van der Waals surface area (Å²) in [6, 6.07) is 12.1. The van der Waals surface area contributed by atoms with Crippen molar-refractivity contribution in [2.45, 2.75) is 33.1 Å². The molecule has 0 spiro atoms. The number of aryl methyl sites for hydroxylation is 2. The van der Waals surface area contributed by atoms with Gasteiger partial charge in [0.05, 0.1) is 5.92 Å². The lowest BCUT2D eigenvalue weighted by atomic mass is 9.95. The number of carbonyl (C=O) groups excluding carboxylic acids is 1. The van der Waals surface area contributed by atoms with Crippen molar-refractivity contribution in [2.24, 2.45) is 0 Å². The van der Waals surface area contributed by atoms with Crippen molar-refractivity contribution < 1.29 is 4.79 Å². The van der Waals surface area contributed by atoms with Gasteiger partial charge in [-0.25, -0.2) is 0 Å². The molecule has 0 N–H and O–H groups in total. The maximum Gasteiger partial charge on any atom is 0.257 e. The van der Waals surface area contributed by atoms with Gasteiger partial charge in [-0.2, -0.15) is 4.98 Å². The first kappa shape index (κ1) is 18.4. The molecule has 3 heterocycles. The van der Waals surface area contributed by atoms with E-state index >= 15 is 0 Å². The monoisotopic (exact) mass is 378 g/mol. The van der Waals surface area contributed by atoms with E-state index in [9.17, 15) is 4.79 Å². The molecule has 1 fully saturated rings. The zero-order valence-electron chi connectivity index (χ0n) is 16.7. The summed E-state index contributed by atoms with van der Waals surface area (Å²) in [5.41, 5.74) is 2.17. The zero-order chi connectivity index (χ0) is 19.7.